The normalized spacial score (nSPS) is 10.9. The summed E-state index contributed by atoms with van der Waals surface area (Å²) in [4.78, 5) is 18.4. The molecule has 0 aliphatic carbocycles. The summed E-state index contributed by atoms with van der Waals surface area (Å²) in [6, 6.07) is 4.29. The molecule has 2 aromatic heterocycles. The lowest BCUT2D eigenvalue weighted by Crippen LogP contribution is -1.99. The third kappa shape index (κ3) is 2.26. The Morgan fingerprint density at radius 2 is 1.64 bits per heavy atom. The van der Waals surface area contributed by atoms with Crippen LogP contribution in [0.25, 0.3) is 22.2 Å². The number of aromatic carboxylic acids is 1. The molecule has 3 aromatic rings. The van der Waals surface area contributed by atoms with E-state index in [1.165, 1.54) is 18.2 Å². The number of carbonyl (C=O) groups is 1. The van der Waals surface area contributed by atoms with Gasteiger partial charge in [-0.1, -0.05) is 6.07 Å². The molecule has 0 aliphatic heterocycles. The maximum absolute atomic E-state index is 13.9. The Bertz CT molecular complexity index is 913. The van der Waals surface area contributed by atoms with Gasteiger partial charge in [0.2, 0.25) is 0 Å². The fraction of sp³-hybridized carbons (Fsp3) is 0. The third-order valence-electron chi connectivity index (χ3n) is 3.12. The second kappa shape index (κ2) is 5.10. The van der Waals surface area contributed by atoms with E-state index < -0.39 is 23.4 Å². The van der Waals surface area contributed by atoms with Gasteiger partial charge in [0, 0.05) is 16.8 Å². The first-order valence-electron chi connectivity index (χ1n) is 6.10. The van der Waals surface area contributed by atoms with Crippen LogP contribution in [0.1, 0.15) is 10.4 Å². The number of benzene rings is 1. The average molecular weight is 304 g/mol. The summed E-state index contributed by atoms with van der Waals surface area (Å²) in [5.41, 5.74) is -0.449. The van der Waals surface area contributed by atoms with Crippen molar-refractivity contribution < 1.29 is 23.1 Å². The highest BCUT2D eigenvalue weighted by molar-refractivity contribution is 5.99. The molecule has 110 valence electrons. The lowest BCUT2D eigenvalue weighted by atomic mass is 10.0. The van der Waals surface area contributed by atoms with Crippen molar-refractivity contribution in [2.24, 2.45) is 0 Å². The van der Waals surface area contributed by atoms with Gasteiger partial charge in [-0.3, -0.25) is 4.98 Å². The molecule has 0 saturated carbocycles. The van der Waals surface area contributed by atoms with E-state index in [2.05, 4.69) is 9.97 Å². The molecule has 0 unspecified atom stereocenters. The number of fused-ring (bicyclic) bond motifs is 1. The van der Waals surface area contributed by atoms with Crippen molar-refractivity contribution in [3.8, 4) is 11.4 Å². The van der Waals surface area contributed by atoms with Crippen LogP contribution in [-0.4, -0.2) is 21.0 Å². The van der Waals surface area contributed by atoms with Crippen LogP contribution in [0.5, 0.6) is 0 Å². The fourth-order valence-electron chi connectivity index (χ4n) is 2.12. The molecule has 0 saturated heterocycles. The maximum Gasteiger partial charge on any atom is 0.335 e. The second-order valence-corrected chi connectivity index (χ2v) is 4.50. The monoisotopic (exact) mass is 304 g/mol. The third-order valence-corrected chi connectivity index (χ3v) is 3.12. The van der Waals surface area contributed by atoms with Crippen molar-refractivity contribution >= 4 is 16.7 Å². The van der Waals surface area contributed by atoms with Gasteiger partial charge in [-0.05, 0) is 12.1 Å². The molecule has 0 bridgehead atoms. The summed E-state index contributed by atoms with van der Waals surface area (Å²) < 4.78 is 40.6. The lowest BCUT2D eigenvalue weighted by Gasteiger charge is -2.08. The molecule has 2 heterocycles. The van der Waals surface area contributed by atoms with E-state index in [1.807, 2.05) is 0 Å². The summed E-state index contributed by atoms with van der Waals surface area (Å²) >= 11 is 0. The fourth-order valence-corrected chi connectivity index (χ4v) is 2.12. The van der Waals surface area contributed by atoms with Crippen LogP contribution in [0.15, 0.2) is 36.7 Å². The second-order valence-electron chi connectivity index (χ2n) is 4.50. The van der Waals surface area contributed by atoms with E-state index in [4.69, 9.17) is 5.11 Å². The Balaban J connectivity index is 2.35. The minimum absolute atomic E-state index is 0.0583. The van der Waals surface area contributed by atoms with Crippen LogP contribution in [-0.2, 0) is 0 Å². The van der Waals surface area contributed by atoms with Crippen molar-refractivity contribution in [3.63, 3.8) is 0 Å². The molecular formula is C15H7F3N2O2. The molecule has 7 heteroatoms. The zero-order valence-corrected chi connectivity index (χ0v) is 10.8. The van der Waals surface area contributed by atoms with E-state index in [9.17, 15) is 18.0 Å². The number of aromatic nitrogens is 2. The van der Waals surface area contributed by atoms with Crippen molar-refractivity contribution in [2.45, 2.75) is 0 Å². The van der Waals surface area contributed by atoms with Crippen molar-refractivity contribution in [3.05, 3.63) is 59.7 Å². The molecule has 1 N–H and O–H groups in total. The first kappa shape index (κ1) is 14.0. The number of hydrogen-bond acceptors (Lipinski definition) is 3. The van der Waals surface area contributed by atoms with Gasteiger partial charge >= 0.3 is 5.97 Å². The Hall–Kier alpha value is -2.96. The highest BCUT2D eigenvalue weighted by Crippen LogP contribution is 2.29. The Labute approximate surface area is 121 Å². The Kier molecular flexibility index (Phi) is 3.25. The molecule has 0 amide bonds. The molecule has 0 atom stereocenters. The largest absolute Gasteiger partial charge is 0.478 e. The first-order valence-corrected chi connectivity index (χ1v) is 6.10. The van der Waals surface area contributed by atoms with Gasteiger partial charge in [0.05, 0.1) is 23.7 Å². The summed E-state index contributed by atoms with van der Waals surface area (Å²) in [6.07, 6.45) is 1.68. The molecule has 0 spiro atoms. The molecular weight excluding hydrogens is 297 g/mol. The summed E-state index contributed by atoms with van der Waals surface area (Å²) in [5, 5.41) is 9.16. The maximum atomic E-state index is 13.9. The van der Waals surface area contributed by atoms with Crippen molar-refractivity contribution in [2.75, 3.05) is 0 Å². The minimum Gasteiger partial charge on any atom is -0.478 e. The zero-order valence-electron chi connectivity index (χ0n) is 10.8. The molecule has 0 aliphatic rings. The van der Waals surface area contributed by atoms with E-state index in [0.29, 0.717) is 6.07 Å². The number of carboxylic acids is 1. The van der Waals surface area contributed by atoms with Crippen LogP contribution in [0.2, 0.25) is 0 Å². The number of pyridine rings is 2. The smallest absolute Gasteiger partial charge is 0.335 e. The highest BCUT2D eigenvalue weighted by atomic mass is 19.1. The lowest BCUT2D eigenvalue weighted by molar-refractivity contribution is 0.0697. The van der Waals surface area contributed by atoms with Gasteiger partial charge < -0.3 is 5.11 Å². The average Bonchev–Trinajstić information content (AvgIpc) is 2.48. The van der Waals surface area contributed by atoms with Gasteiger partial charge in [-0.15, -0.1) is 0 Å². The summed E-state index contributed by atoms with van der Waals surface area (Å²) in [5.74, 6) is -3.73. The molecule has 4 nitrogen and oxygen atoms in total. The van der Waals surface area contributed by atoms with Gasteiger partial charge in [0.25, 0.3) is 0 Å². The number of nitrogens with zero attached hydrogens (tertiary/aromatic N) is 2. The molecule has 0 radical (unpaired) electrons. The van der Waals surface area contributed by atoms with Gasteiger partial charge in [-0.25, -0.2) is 22.9 Å². The predicted octanol–water partition coefficient (Wildman–Crippen LogP) is 3.41. The number of halogens is 3. The van der Waals surface area contributed by atoms with Crippen molar-refractivity contribution in [1.82, 2.24) is 9.97 Å². The molecule has 3 rings (SSSR count). The highest BCUT2D eigenvalue weighted by Gasteiger charge is 2.16. The van der Waals surface area contributed by atoms with Crippen molar-refractivity contribution in [1.29, 1.82) is 0 Å². The Morgan fingerprint density at radius 1 is 0.909 bits per heavy atom. The van der Waals surface area contributed by atoms with E-state index in [-0.39, 0.29) is 27.7 Å². The Morgan fingerprint density at radius 3 is 2.32 bits per heavy atom. The van der Waals surface area contributed by atoms with Crippen LogP contribution < -0.4 is 0 Å². The van der Waals surface area contributed by atoms with E-state index >= 15 is 0 Å². The SMILES string of the molecule is O=C(O)c1ccc2c(F)cnc(-c3ncc(F)cc3F)c2c1. The topological polar surface area (TPSA) is 63.1 Å². The zero-order chi connectivity index (χ0) is 15.9. The molecule has 22 heavy (non-hydrogen) atoms. The van der Waals surface area contributed by atoms with Crippen LogP contribution in [0.3, 0.4) is 0 Å². The summed E-state index contributed by atoms with van der Waals surface area (Å²) in [6.45, 7) is 0. The first-order chi connectivity index (χ1) is 10.5. The molecule has 1 aromatic carbocycles. The molecule has 0 fully saturated rings. The van der Waals surface area contributed by atoms with Crippen LogP contribution in [0, 0.1) is 17.5 Å². The summed E-state index contributed by atoms with van der Waals surface area (Å²) in [7, 11) is 0. The standard InChI is InChI=1S/C15H7F3N2O2/c16-8-4-11(17)14(19-5-8)13-10-3-7(15(21)22)1-2-9(10)12(18)6-20-13/h1-6H,(H,21,22). The van der Waals surface area contributed by atoms with Crippen LogP contribution >= 0.6 is 0 Å². The number of hydrogen-bond donors (Lipinski definition) is 1. The number of rotatable bonds is 2. The van der Waals surface area contributed by atoms with E-state index in [1.54, 1.807) is 0 Å². The van der Waals surface area contributed by atoms with Gasteiger partial charge in [0.15, 0.2) is 5.82 Å². The van der Waals surface area contributed by atoms with Crippen LogP contribution in [0.4, 0.5) is 13.2 Å². The number of carboxylic acid groups (broad SMARTS) is 1. The predicted molar refractivity (Wildman–Crippen MR) is 71.8 cm³/mol. The van der Waals surface area contributed by atoms with Gasteiger partial charge in [-0.2, -0.15) is 0 Å². The van der Waals surface area contributed by atoms with Gasteiger partial charge in [0.1, 0.15) is 17.3 Å². The van der Waals surface area contributed by atoms with E-state index in [0.717, 1.165) is 12.4 Å². The minimum atomic E-state index is -1.22. The quantitative estimate of drug-likeness (QED) is 0.788.